The van der Waals surface area contributed by atoms with Crippen LogP contribution in [0.4, 0.5) is 0 Å². The van der Waals surface area contributed by atoms with Crippen LogP contribution >= 0.6 is 0 Å². The van der Waals surface area contributed by atoms with Crippen molar-refractivity contribution in [3.63, 3.8) is 0 Å². The summed E-state index contributed by atoms with van der Waals surface area (Å²) in [6, 6.07) is 3.68. The molecule has 2 rings (SSSR count). The van der Waals surface area contributed by atoms with Gasteiger partial charge in [0.25, 0.3) is 5.91 Å². The van der Waals surface area contributed by atoms with Gasteiger partial charge in [-0.05, 0) is 31.4 Å². The first-order chi connectivity index (χ1) is 9.74. The number of hydrogen-bond donors (Lipinski definition) is 2. The fraction of sp³-hybridized carbons (Fsp3) is 0.467. The zero-order chi connectivity index (χ0) is 14.4. The number of amides is 1. The summed E-state index contributed by atoms with van der Waals surface area (Å²) in [4.78, 5) is 16.4. The van der Waals surface area contributed by atoms with Gasteiger partial charge in [0.1, 0.15) is 5.69 Å². The molecule has 2 unspecified atom stereocenters. The van der Waals surface area contributed by atoms with E-state index in [1.165, 1.54) is 0 Å². The Hall–Kier alpha value is -1.90. The number of carbonyl (C=O) groups excluding carboxylic acids is 1. The molecule has 1 aliphatic carbocycles. The van der Waals surface area contributed by atoms with Crippen LogP contribution in [0.2, 0.25) is 0 Å². The van der Waals surface area contributed by atoms with Crippen LogP contribution < -0.4 is 11.1 Å². The molecule has 106 valence electrons. The average molecular weight is 273 g/mol. The molecule has 0 aromatic carbocycles. The molecule has 5 heteroatoms. The number of nitrogens with zero attached hydrogens (tertiary/aromatic N) is 1. The van der Waals surface area contributed by atoms with Crippen LogP contribution in [0.15, 0.2) is 18.3 Å². The highest BCUT2D eigenvalue weighted by Gasteiger charge is 2.26. The smallest absolute Gasteiger partial charge is 0.271 e. The molecule has 1 aliphatic rings. The summed E-state index contributed by atoms with van der Waals surface area (Å²) >= 11 is 0. The SMILES string of the molecule is COC1CCC(NC(=O)c2ncccc2C#CCN)C1. The number of pyridine rings is 1. The van der Waals surface area contributed by atoms with E-state index in [2.05, 4.69) is 22.1 Å². The highest BCUT2D eigenvalue weighted by atomic mass is 16.5. The van der Waals surface area contributed by atoms with Crippen molar-refractivity contribution in [2.45, 2.75) is 31.4 Å². The number of hydrogen-bond acceptors (Lipinski definition) is 4. The third-order valence-corrected chi connectivity index (χ3v) is 3.40. The molecule has 3 N–H and O–H groups in total. The Labute approximate surface area is 118 Å². The van der Waals surface area contributed by atoms with Crippen molar-refractivity contribution in [3.05, 3.63) is 29.6 Å². The third kappa shape index (κ3) is 3.56. The maximum atomic E-state index is 12.3. The summed E-state index contributed by atoms with van der Waals surface area (Å²) in [5.74, 6) is 5.44. The number of aromatic nitrogens is 1. The Morgan fingerprint density at radius 2 is 2.45 bits per heavy atom. The van der Waals surface area contributed by atoms with E-state index in [1.807, 2.05) is 0 Å². The topological polar surface area (TPSA) is 77.2 Å². The predicted octanol–water partition coefficient (Wildman–Crippen LogP) is 0.689. The summed E-state index contributed by atoms with van der Waals surface area (Å²) in [5, 5.41) is 3.00. The largest absolute Gasteiger partial charge is 0.381 e. The first kappa shape index (κ1) is 14.5. The van der Waals surface area contributed by atoms with Gasteiger partial charge < -0.3 is 15.8 Å². The molecule has 1 aromatic heterocycles. The molecule has 0 radical (unpaired) electrons. The second kappa shape index (κ2) is 7.04. The van der Waals surface area contributed by atoms with E-state index < -0.39 is 0 Å². The molecule has 0 spiro atoms. The Balaban J connectivity index is 2.06. The van der Waals surface area contributed by atoms with E-state index in [0.717, 1.165) is 19.3 Å². The van der Waals surface area contributed by atoms with E-state index in [1.54, 1.807) is 25.4 Å². The van der Waals surface area contributed by atoms with E-state index in [4.69, 9.17) is 10.5 Å². The van der Waals surface area contributed by atoms with Crippen molar-refractivity contribution < 1.29 is 9.53 Å². The molecular weight excluding hydrogens is 254 g/mol. The summed E-state index contributed by atoms with van der Waals surface area (Å²) in [6.07, 6.45) is 4.58. The van der Waals surface area contributed by atoms with Crippen molar-refractivity contribution in [1.29, 1.82) is 0 Å². The number of rotatable bonds is 3. The zero-order valence-electron chi connectivity index (χ0n) is 11.6. The molecule has 1 heterocycles. The number of nitrogens with two attached hydrogens (primary N) is 1. The van der Waals surface area contributed by atoms with Gasteiger partial charge >= 0.3 is 0 Å². The Kier molecular flexibility index (Phi) is 5.10. The Morgan fingerprint density at radius 3 is 3.15 bits per heavy atom. The Bertz CT molecular complexity index is 533. The average Bonchev–Trinajstić information content (AvgIpc) is 2.93. The molecule has 0 aliphatic heterocycles. The predicted molar refractivity (Wildman–Crippen MR) is 76.1 cm³/mol. The van der Waals surface area contributed by atoms with E-state index in [0.29, 0.717) is 11.3 Å². The van der Waals surface area contributed by atoms with Gasteiger partial charge in [0.15, 0.2) is 0 Å². The number of nitrogens with one attached hydrogen (secondary N) is 1. The number of ether oxygens (including phenoxy) is 1. The molecule has 5 nitrogen and oxygen atoms in total. The van der Waals surface area contributed by atoms with Crippen LogP contribution in [-0.2, 0) is 4.74 Å². The van der Waals surface area contributed by atoms with Gasteiger partial charge in [-0.3, -0.25) is 4.79 Å². The van der Waals surface area contributed by atoms with Gasteiger partial charge in [-0.25, -0.2) is 4.98 Å². The normalized spacial score (nSPS) is 21.1. The van der Waals surface area contributed by atoms with Crippen molar-refractivity contribution in [2.24, 2.45) is 5.73 Å². The molecule has 20 heavy (non-hydrogen) atoms. The molecular formula is C15H19N3O2. The van der Waals surface area contributed by atoms with Gasteiger partial charge in [-0.2, -0.15) is 0 Å². The molecule has 1 saturated carbocycles. The minimum absolute atomic E-state index is 0.143. The lowest BCUT2D eigenvalue weighted by atomic mass is 10.1. The van der Waals surface area contributed by atoms with E-state index >= 15 is 0 Å². The van der Waals surface area contributed by atoms with Gasteiger partial charge in [0.2, 0.25) is 0 Å². The van der Waals surface area contributed by atoms with Crippen LogP contribution in [-0.4, -0.2) is 36.7 Å². The van der Waals surface area contributed by atoms with Crippen molar-refractivity contribution >= 4 is 5.91 Å². The highest BCUT2D eigenvalue weighted by molar-refractivity contribution is 5.94. The first-order valence-electron chi connectivity index (χ1n) is 6.72. The van der Waals surface area contributed by atoms with E-state index in [9.17, 15) is 4.79 Å². The summed E-state index contributed by atoms with van der Waals surface area (Å²) in [5.41, 5.74) is 6.32. The van der Waals surface area contributed by atoms with Crippen LogP contribution in [0.5, 0.6) is 0 Å². The molecule has 0 bridgehead atoms. The fourth-order valence-electron chi connectivity index (χ4n) is 2.37. The van der Waals surface area contributed by atoms with Crippen LogP contribution in [0.1, 0.15) is 35.3 Å². The minimum atomic E-state index is -0.186. The highest BCUT2D eigenvalue weighted by Crippen LogP contribution is 2.21. The van der Waals surface area contributed by atoms with Crippen LogP contribution in [0.25, 0.3) is 0 Å². The maximum Gasteiger partial charge on any atom is 0.271 e. The van der Waals surface area contributed by atoms with Gasteiger partial charge in [0.05, 0.1) is 18.2 Å². The summed E-state index contributed by atoms with van der Waals surface area (Å²) in [6.45, 7) is 0.258. The third-order valence-electron chi connectivity index (χ3n) is 3.40. The number of carbonyl (C=O) groups is 1. The maximum absolute atomic E-state index is 12.3. The van der Waals surface area contributed by atoms with Gasteiger partial charge in [-0.15, -0.1) is 0 Å². The minimum Gasteiger partial charge on any atom is -0.381 e. The lowest BCUT2D eigenvalue weighted by Gasteiger charge is -2.13. The summed E-state index contributed by atoms with van der Waals surface area (Å²) < 4.78 is 5.30. The van der Waals surface area contributed by atoms with Crippen LogP contribution in [0.3, 0.4) is 0 Å². The lowest BCUT2D eigenvalue weighted by Crippen LogP contribution is -2.34. The van der Waals surface area contributed by atoms with Crippen molar-refractivity contribution in [3.8, 4) is 11.8 Å². The fourth-order valence-corrected chi connectivity index (χ4v) is 2.37. The zero-order valence-corrected chi connectivity index (χ0v) is 11.6. The Morgan fingerprint density at radius 1 is 1.60 bits per heavy atom. The number of methoxy groups -OCH3 is 1. The quantitative estimate of drug-likeness (QED) is 0.794. The molecule has 1 aromatic rings. The monoisotopic (exact) mass is 273 g/mol. The summed E-state index contributed by atoms with van der Waals surface area (Å²) in [7, 11) is 1.70. The molecule has 1 fully saturated rings. The second-order valence-electron chi connectivity index (χ2n) is 4.75. The van der Waals surface area contributed by atoms with Crippen molar-refractivity contribution in [1.82, 2.24) is 10.3 Å². The molecule has 1 amide bonds. The first-order valence-corrected chi connectivity index (χ1v) is 6.72. The molecule has 2 atom stereocenters. The lowest BCUT2D eigenvalue weighted by molar-refractivity contribution is 0.0910. The second-order valence-corrected chi connectivity index (χ2v) is 4.75. The van der Waals surface area contributed by atoms with Crippen LogP contribution in [0, 0.1) is 11.8 Å². The van der Waals surface area contributed by atoms with Gasteiger partial charge in [-0.1, -0.05) is 11.8 Å². The standard InChI is InChI=1S/C15H19N3O2/c1-20-13-7-6-12(10-13)18-15(19)14-11(4-2-8-16)5-3-9-17-14/h3,5,9,12-13H,6-8,10,16H2,1H3,(H,18,19). The molecule has 0 saturated heterocycles. The van der Waals surface area contributed by atoms with Crippen molar-refractivity contribution in [2.75, 3.05) is 13.7 Å². The van der Waals surface area contributed by atoms with Gasteiger partial charge in [0, 0.05) is 19.3 Å². The van der Waals surface area contributed by atoms with E-state index in [-0.39, 0.29) is 24.6 Å².